The molecule has 20 heavy (non-hydrogen) atoms. The molecule has 0 saturated heterocycles. The predicted molar refractivity (Wildman–Crippen MR) is 81.2 cm³/mol. The van der Waals surface area contributed by atoms with Crippen molar-refractivity contribution in [1.29, 1.82) is 0 Å². The molecule has 0 heterocycles. The lowest BCUT2D eigenvalue weighted by Gasteiger charge is -2.18. The number of para-hydroxylation sites is 1. The molecule has 1 atom stereocenters. The second-order valence-corrected chi connectivity index (χ2v) is 5.77. The summed E-state index contributed by atoms with van der Waals surface area (Å²) in [5.74, 6) is -0.645. The van der Waals surface area contributed by atoms with Crippen molar-refractivity contribution in [3.8, 4) is 0 Å². The fourth-order valence-corrected chi connectivity index (χ4v) is 2.73. The highest BCUT2D eigenvalue weighted by molar-refractivity contribution is 7.99. The molecule has 0 amide bonds. The molecule has 1 nitrogen and oxygen atoms in total. The second kappa shape index (κ2) is 6.75. The second-order valence-electron chi connectivity index (χ2n) is 4.47. The van der Waals surface area contributed by atoms with Crippen molar-refractivity contribution in [2.75, 3.05) is 11.1 Å². The summed E-state index contributed by atoms with van der Waals surface area (Å²) in [5, 5.41) is 3.35. The minimum atomic E-state index is -0.817. The van der Waals surface area contributed by atoms with E-state index < -0.39 is 11.6 Å². The van der Waals surface area contributed by atoms with Gasteiger partial charge in [0.15, 0.2) is 11.6 Å². The smallest absolute Gasteiger partial charge is 0.159 e. The highest BCUT2D eigenvalue weighted by Crippen LogP contribution is 2.30. The van der Waals surface area contributed by atoms with E-state index in [1.54, 1.807) is 17.8 Å². The number of hydrogen-bond acceptors (Lipinski definition) is 2. The zero-order valence-electron chi connectivity index (χ0n) is 11.5. The minimum Gasteiger partial charge on any atom is -0.378 e. The molecular formula is C16H17F2NS. The number of halogens is 2. The highest BCUT2D eigenvalue weighted by Gasteiger charge is 2.10. The number of hydrogen-bond donors (Lipinski definition) is 1. The quantitative estimate of drug-likeness (QED) is 0.756. The van der Waals surface area contributed by atoms with Crippen LogP contribution in [0.5, 0.6) is 0 Å². The van der Waals surface area contributed by atoms with Crippen molar-refractivity contribution >= 4 is 17.4 Å². The van der Waals surface area contributed by atoms with Crippen LogP contribution in [0.3, 0.4) is 0 Å². The minimum absolute atomic E-state index is 0.0938. The number of thioether (sulfide) groups is 1. The first-order chi connectivity index (χ1) is 9.61. The molecule has 2 rings (SSSR count). The van der Waals surface area contributed by atoms with Gasteiger partial charge in [0.05, 0.1) is 0 Å². The fraction of sp³-hybridized carbons (Fsp3) is 0.250. The van der Waals surface area contributed by atoms with Crippen molar-refractivity contribution < 1.29 is 8.78 Å². The third-order valence-electron chi connectivity index (χ3n) is 3.00. The molecule has 4 heteroatoms. The predicted octanol–water partition coefficient (Wildman–Crippen LogP) is 5.25. The number of anilines is 1. The standard InChI is InChI=1S/C16H17F2NS/c1-3-20-16-7-5-4-6-15(16)19-11(2)12-8-9-13(17)14(18)10-12/h4-11,19H,3H2,1-2H3. The average molecular weight is 293 g/mol. The van der Waals surface area contributed by atoms with Gasteiger partial charge in [-0.05, 0) is 42.5 Å². The third-order valence-corrected chi connectivity index (χ3v) is 3.96. The van der Waals surface area contributed by atoms with Crippen LogP contribution in [-0.4, -0.2) is 5.75 Å². The normalized spacial score (nSPS) is 12.2. The van der Waals surface area contributed by atoms with Gasteiger partial charge in [-0.1, -0.05) is 25.1 Å². The SMILES string of the molecule is CCSc1ccccc1NC(C)c1ccc(F)c(F)c1. The first-order valence-electron chi connectivity index (χ1n) is 6.55. The van der Waals surface area contributed by atoms with Crippen LogP contribution in [0, 0.1) is 11.6 Å². The monoisotopic (exact) mass is 293 g/mol. The van der Waals surface area contributed by atoms with Gasteiger partial charge in [-0.3, -0.25) is 0 Å². The first kappa shape index (κ1) is 14.9. The molecule has 0 fully saturated rings. The summed E-state index contributed by atoms with van der Waals surface area (Å²) in [6.45, 7) is 4.03. The van der Waals surface area contributed by atoms with Gasteiger partial charge >= 0.3 is 0 Å². The van der Waals surface area contributed by atoms with E-state index in [0.717, 1.165) is 28.0 Å². The van der Waals surface area contributed by atoms with Gasteiger partial charge in [0.2, 0.25) is 0 Å². The molecule has 2 aromatic carbocycles. The average Bonchev–Trinajstić information content (AvgIpc) is 2.44. The topological polar surface area (TPSA) is 12.0 Å². The first-order valence-corrected chi connectivity index (χ1v) is 7.53. The largest absolute Gasteiger partial charge is 0.378 e. The molecule has 0 saturated carbocycles. The Morgan fingerprint density at radius 2 is 1.85 bits per heavy atom. The van der Waals surface area contributed by atoms with Gasteiger partial charge in [0.1, 0.15) is 0 Å². The Bertz CT molecular complexity index is 586. The molecule has 1 N–H and O–H groups in total. The molecule has 2 aromatic rings. The van der Waals surface area contributed by atoms with E-state index in [0.29, 0.717) is 0 Å². The van der Waals surface area contributed by atoms with Gasteiger partial charge in [0, 0.05) is 16.6 Å². The number of nitrogens with one attached hydrogen (secondary N) is 1. The lowest BCUT2D eigenvalue weighted by molar-refractivity contribution is 0.506. The van der Waals surface area contributed by atoms with Crippen LogP contribution in [0.25, 0.3) is 0 Å². The summed E-state index contributed by atoms with van der Waals surface area (Å²) in [6.07, 6.45) is 0. The van der Waals surface area contributed by atoms with E-state index in [2.05, 4.69) is 18.3 Å². The van der Waals surface area contributed by atoms with E-state index in [-0.39, 0.29) is 6.04 Å². The molecule has 0 bridgehead atoms. The third kappa shape index (κ3) is 3.51. The maximum absolute atomic E-state index is 13.3. The number of benzene rings is 2. The molecular weight excluding hydrogens is 276 g/mol. The molecule has 0 aliphatic rings. The Labute approximate surface area is 122 Å². The van der Waals surface area contributed by atoms with E-state index in [9.17, 15) is 8.78 Å². The van der Waals surface area contributed by atoms with E-state index >= 15 is 0 Å². The summed E-state index contributed by atoms with van der Waals surface area (Å²) >= 11 is 1.75. The van der Waals surface area contributed by atoms with Gasteiger partial charge in [-0.25, -0.2) is 8.78 Å². The van der Waals surface area contributed by atoms with Crippen LogP contribution in [-0.2, 0) is 0 Å². The van der Waals surface area contributed by atoms with Crippen LogP contribution in [0.15, 0.2) is 47.4 Å². The number of rotatable bonds is 5. The molecule has 0 radical (unpaired) electrons. The Kier molecular flexibility index (Phi) is 5.01. The Hall–Kier alpha value is -1.55. The highest BCUT2D eigenvalue weighted by atomic mass is 32.2. The van der Waals surface area contributed by atoms with Crippen molar-refractivity contribution in [2.24, 2.45) is 0 Å². The summed E-state index contributed by atoms with van der Waals surface area (Å²) in [5.41, 5.74) is 1.73. The van der Waals surface area contributed by atoms with Crippen molar-refractivity contribution in [3.05, 3.63) is 59.7 Å². The van der Waals surface area contributed by atoms with Gasteiger partial charge in [-0.15, -0.1) is 11.8 Å². The van der Waals surface area contributed by atoms with E-state index in [1.807, 2.05) is 25.1 Å². The van der Waals surface area contributed by atoms with Crippen LogP contribution >= 0.6 is 11.8 Å². The Morgan fingerprint density at radius 3 is 2.55 bits per heavy atom. The Morgan fingerprint density at radius 1 is 1.10 bits per heavy atom. The van der Waals surface area contributed by atoms with Gasteiger partial charge < -0.3 is 5.32 Å². The Balaban J connectivity index is 2.18. The molecule has 1 unspecified atom stereocenters. The lowest BCUT2D eigenvalue weighted by atomic mass is 10.1. The van der Waals surface area contributed by atoms with Crippen LogP contribution < -0.4 is 5.32 Å². The van der Waals surface area contributed by atoms with Crippen molar-refractivity contribution in [2.45, 2.75) is 24.8 Å². The maximum atomic E-state index is 13.3. The van der Waals surface area contributed by atoms with Crippen molar-refractivity contribution in [3.63, 3.8) is 0 Å². The summed E-state index contributed by atoms with van der Waals surface area (Å²) in [4.78, 5) is 1.16. The van der Waals surface area contributed by atoms with Gasteiger partial charge in [-0.2, -0.15) is 0 Å². The zero-order valence-corrected chi connectivity index (χ0v) is 12.3. The molecule has 106 valence electrons. The molecule has 0 aromatic heterocycles. The van der Waals surface area contributed by atoms with Gasteiger partial charge in [0.25, 0.3) is 0 Å². The lowest BCUT2D eigenvalue weighted by Crippen LogP contribution is -2.08. The molecule has 0 aliphatic carbocycles. The van der Waals surface area contributed by atoms with Crippen LogP contribution in [0.2, 0.25) is 0 Å². The van der Waals surface area contributed by atoms with Crippen LogP contribution in [0.1, 0.15) is 25.5 Å². The summed E-state index contributed by atoms with van der Waals surface area (Å²) < 4.78 is 26.2. The van der Waals surface area contributed by atoms with Crippen molar-refractivity contribution in [1.82, 2.24) is 0 Å². The summed E-state index contributed by atoms with van der Waals surface area (Å²) in [6, 6.07) is 11.9. The maximum Gasteiger partial charge on any atom is 0.159 e. The fourth-order valence-electron chi connectivity index (χ4n) is 1.97. The molecule has 0 spiro atoms. The van der Waals surface area contributed by atoms with E-state index in [1.165, 1.54) is 6.07 Å². The molecule has 0 aliphatic heterocycles. The van der Waals surface area contributed by atoms with Crippen LogP contribution in [0.4, 0.5) is 14.5 Å². The zero-order chi connectivity index (χ0) is 14.5. The summed E-state index contributed by atoms with van der Waals surface area (Å²) in [7, 11) is 0. The van der Waals surface area contributed by atoms with E-state index in [4.69, 9.17) is 0 Å².